The molecule has 2 aliphatic heterocycles. The number of nitrogens with zero attached hydrogens (tertiary/aromatic N) is 1. The summed E-state index contributed by atoms with van der Waals surface area (Å²) in [7, 11) is 0. The molecule has 5 rings (SSSR count). The number of hydrogen-bond acceptors (Lipinski definition) is 3. The molecule has 1 saturated carbocycles. The first-order valence-corrected chi connectivity index (χ1v) is 15.4. The number of anilines is 1. The first kappa shape index (κ1) is 31.7. The number of piperidine rings is 1. The Kier molecular flexibility index (Phi) is 13.0. The molecule has 2 heterocycles. The molecule has 2 unspecified atom stereocenters. The van der Waals surface area contributed by atoms with Gasteiger partial charge in [0.05, 0.1) is 0 Å². The highest BCUT2D eigenvalue weighted by Crippen LogP contribution is 2.31. The fourth-order valence-corrected chi connectivity index (χ4v) is 5.41. The topological polar surface area (TPSA) is 27.3 Å². The van der Waals surface area contributed by atoms with E-state index in [1.165, 1.54) is 79.7 Å². The monoisotopic (exact) mass is 545 g/mol. The van der Waals surface area contributed by atoms with Crippen molar-refractivity contribution in [1.29, 1.82) is 0 Å². The van der Waals surface area contributed by atoms with E-state index in [-0.39, 0.29) is 5.82 Å². The van der Waals surface area contributed by atoms with Gasteiger partial charge in [0.15, 0.2) is 0 Å². The van der Waals surface area contributed by atoms with Crippen LogP contribution in [-0.2, 0) is 0 Å². The molecule has 218 valence electrons. The molecular formula is C36H52FN3. The third-order valence-electron chi connectivity index (χ3n) is 8.33. The molecule has 2 aromatic rings. The van der Waals surface area contributed by atoms with E-state index in [0.717, 1.165) is 23.9 Å². The summed E-state index contributed by atoms with van der Waals surface area (Å²) in [6.07, 6.45) is 15.7. The van der Waals surface area contributed by atoms with Gasteiger partial charge in [-0.1, -0.05) is 68.7 Å². The number of para-hydroxylation sites is 1. The van der Waals surface area contributed by atoms with Gasteiger partial charge >= 0.3 is 0 Å². The molecule has 3 aliphatic rings. The standard InChI is InChI=1S/C24H35N3.C7H7F.C5H10/c1-5-8-23-20(4)25-14-11-22(23)17-27-15-12-21(13-16-27)19(3)26-24-10-7-6-9-18(24)2;1-6-3-2-4-7(8)5-6;1-2-5-3-4-5/h5-11,14,19-21,25-26H,12-13,15-17H2,1-4H3;2-5H,1H3;5H,2-4H2,1H3/b8-5-;;. The quantitative estimate of drug-likeness (QED) is 0.364. The van der Waals surface area contributed by atoms with Crippen LogP contribution in [-0.4, -0.2) is 36.6 Å². The van der Waals surface area contributed by atoms with E-state index in [4.69, 9.17) is 0 Å². The van der Waals surface area contributed by atoms with E-state index in [9.17, 15) is 4.39 Å². The second kappa shape index (κ2) is 16.4. The molecule has 4 heteroatoms. The van der Waals surface area contributed by atoms with Crippen LogP contribution >= 0.6 is 0 Å². The van der Waals surface area contributed by atoms with Crippen LogP contribution in [0, 0.1) is 31.5 Å². The molecule has 0 spiro atoms. The molecule has 1 saturated heterocycles. The van der Waals surface area contributed by atoms with Gasteiger partial charge in [-0.2, -0.15) is 0 Å². The maximum absolute atomic E-state index is 12.2. The van der Waals surface area contributed by atoms with E-state index in [1.54, 1.807) is 6.07 Å². The zero-order chi connectivity index (χ0) is 28.9. The van der Waals surface area contributed by atoms with Crippen LogP contribution in [0.2, 0.25) is 0 Å². The maximum atomic E-state index is 12.2. The van der Waals surface area contributed by atoms with Gasteiger partial charge in [-0.25, -0.2) is 4.39 Å². The minimum atomic E-state index is -0.162. The molecule has 2 atom stereocenters. The molecule has 3 nitrogen and oxygen atoms in total. The fraction of sp³-hybridized carbons (Fsp3) is 0.500. The van der Waals surface area contributed by atoms with Crippen molar-refractivity contribution >= 4 is 5.69 Å². The Hall–Kier alpha value is -2.85. The van der Waals surface area contributed by atoms with Crippen molar-refractivity contribution in [3.8, 4) is 0 Å². The van der Waals surface area contributed by atoms with Crippen molar-refractivity contribution in [2.75, 3.05) is 25.0 Å². The Bertz CT molecular complexity index is 1110. The summed E-state index contributed by atoms with van der Waals surface area (Å²) in [6.45, 7) is 16.4. The summed E-state index contributed by atoms with van der Waals surface area (Å²) in [5.41, 5.74) is 6.46. The van der Waals surface area contributed by atoms with E-state index < -0.39 is 0 Å². The van der Waals surface area contributed by atoms with Crippen LogP contribution in [0.25, 0.3) is 0 Å². The number of aryl methyl sites for hydroxylation is 2. The average molecular weight is 546 g/mol. The van der Waals surface area contributed by atoms with Crippen LogP contribution in [0.5, 0.6) is 0 Å². The zero-order valence-corrected chi connectivity index (χ0v) is 25.7. The van der Waals surface area contributed by atoms with Crippen molar-refractivity contribution in [2.45, 2.75) is 85.7 Å². The number of allylic oxidation sites excluding steroid dienone is 1. The van der Waals surface area contributed by atoms with Crippen LogP contribution in [0.1, 0.15) is 70.9 Å². The first-order valence-electron chi connectivity index (χ1n) is 15.4. The number of likely N-dealkylation sites (tertiary alicyclic amines) is 1. The van der Waals surface area contributed by atoms with Crippen molar-refractivity contribution < 1.29 is 4.39 Å². The Morgan fingerprint density at radius 3 is 2.33 bits per heavy atom. The molecular weight excluding hydrogens is 493 g/mol. The van der Waals surface area contributed by atoms with E-state index in [0.29, 0.717) is 12.1 Å². The lowest BCUT2D eigenvalue weighted by Gasteiger charge is -2.36. The maximum Gasteiger partial charge on any atom is 0.123 e. The molecule has 0 radical (unpaired) electrons. The lowest BCUT2D eigenvalue weighted by molar-refractivity contribution is 0.188. The summed E-state index contributed by atoms with van der Waals surface area (Å²) in [4.78, 5) is 2.62. The van der Waals surface area contributed by atoms with Crippen LogP contribution in [0.4, 0.5) is 10.1 Å². The van der Waals surface area contributed by atoms with Gasteiger partial charge < -0.3 is 10.6 Å². The van der Waals surface area contributed by atoms with Crippen molar-refractivity contribution in [1.82, 2.24) is 10.2 Å². The molecule has 0 aromatic heterocycles. The highest BCUT2D eigenvalue weighted by molar-refractivity contribution is 5.51. The van der Waals surface area contributed by atoms with Crippen molar-refractivity contribution in [3.05, 3.63) is 101 Å². The predicted octanol–water partition coefficient (Wildman–Crippen LogP) is 8.83. The Labute approximate surface area is 243 Å². The van der Waals surface area contributed by atoms with Gasteiger partial charge in [0, 0.05) is 24.3 Å². The lowest BCUT2D eigenvalue weighted by atomic mass is 9.89. The lowest BCUT2D eigenvalue weighted by Crippen LogP contribution is -2.40. The third-order valence-corrected chi connectivity index (χ3v) is 8.33. The first-order chi connectivity index (χ1) is 19.3. The summed E-state index contributed by atoms with van der Waals surface area (Å²) >= 11 is 0. The number of rotatable bonds is 7. The van der Waals surface area contributed by atoms with Crippen LogP contribution in [0.15, 0.2) is 84.1 Å². The molecule has 2 fully saturated rings. The van der Waals surface area contributed by atoms with E-state index in [1.807, 2.05) is 13.0 Å². The van der Waals surface area contributed by atoms with Gasteiger partial charge in [-0.15, -0.1) is 0 Å². The van der Waals surface area contributed by atoms with Crippen molar-refractivity contribution in [3.63, 3.8) is 0 Å². The fourth-order valence-electron chi connectivity index (χ4n) is 5.41. The normalized spacial score (nSPS) is 20.2. The smallest absolute Gasteiger partial charge is 0.123 e. The summed E-state index contributed by atoms with van der Waals surface area (Å²) in [6, 6.07) is 16.0. The zero-order valence-electron chi connectivity index (χ0n) is 25.7. The molecule has 0 amide bonds. The second-order valence-corrected chi connectivity index (χ2v) is 11.7. The van der Waals surface area contributed by atoms with Crippen LogP contribution < -0.4 is 10.6 Å². The Balaban J connectivity index is 0.000000275. The number of halogens is 1. The molecule has 1 aliphatic carbocycles. The third kappa shape index (κ3) is 10.6. The molecule has 0 bridgehead atoms. The average Bonchev–Trinajstić information content (AvgIpc) is 3.78. The number of dihydropyridines is 1. The number of hydrogen-bond donors (Lipinski definition) is 2. The van der Waals surface area contributed by atoms with Gasteiger partial charge in [0.1, 0.15) is 5.82 Å². The second-order valence-electron chi connectivity index (χ2n) is 11.7. The van der Waals surface area contributed by atoms with E-state index in [2.05, 4.69) is 98.8 Å². The minimum absolute atomic E-state index is 0.162. The number of nitrogens with one attached hydrogen (secondary N) is 2. The predicted molar refractivity (Wildman–Crippen MR) is 171 cm³/mol. The van der Waals surface area contributed by atoms with Gasteiger partial charge in [-0.05, 0) is 125 Å². The Morgan fingerprint density at radius 2 is 1.77 bits per heavy atom. The largest absolute Gasteiger partial charge is 0.384 e. The molecule has 2 aromatic carbocycles. The summed E-state index contributed by atoms with van der Waals surface area (Å²) < 4.78 is 12.2. The highest BCUT2D eigenvalue weighted by Gasteiger charge is 2.25. The van der Waals surface area contributed by atoms with Gasteiger partial charge in [-0.3, -0.25) is 4.90 Å². The SMILES string of the molecule is C/C=C\C1=C(CN2CCC(C(C)Nc3ccccc3C)CC2)C=CNC1C.CCC1CC1.Cc1cccc(F)c1. The van der Waals surface area contributed by atoms with Gasteiger partial charge in [0.2, 0.25) is 0 Å². The van der Waals surface area contributed by atoms with Gasteiger partial charge in [0.25, 0.3) is 0 Å². The molecule has 2 N–H and O–H groups in total. The molecule has 40 heavy (non-hydrogen) atoms. The minimum Gasteiger partial charge on any atom is -0.384 e. The van der Waals surface area contributed by atoms with Crippen molar-refractivity contribution in [2.24, 2.45) is 11.8 Å². The van der Waals surface area contributed by atoms with E-state index >= 15 is 0 Å². The highest BCUT2D eigenvalue weighted by atomic mass is 19.1. The Morgan fingerprint density at radius 1 is 1.05 bits per heavy atom. The summed E-state index contributed by atoms with van der Waals surface area (Å²) in [5, 5.41) is 7.17. The van der Waals surface area contributed by atoms with Crippen LogP contribution in [0.3, 0.4) is 0 Å². The number of benzene rings is 2. The summed E-state index contributed by atoms with van der Waals surface area (Å²) in [5.74, 6) is 1.72.